The zero-order chi connectivity index (χ0) is 24.7. The van der Waals surface area contributed by atoms with E-state index in [2.05, 4.69) is 11.9 Å². The van der Waals surface area contributed by atoms with Gasteiger partial charge in [0.15, 0.2) is 5.82 Å². The third-order valence-electron chi connectivity index (χ3n) is 5.48. The Kier molecular flexibility index (Phi) is 8.50. The van der Waals surface area contributed by atoms with Gasteiger partial charge in [0.05, 0.1) is 17.6 Å². The van der Waals surface area contributed by atoms with E-state index in [1.807, 2.05) is 68.7 Å². The van der Waals surface area contributed by atoms with Gasteiger partial charge >= 0.3 is 6.16 Å². The van der Waals surface area contributed by atoms with Crippen molar-refractivity contribution in [1.82, 2.24) is 14.5 Å². The number of nitrogen functional groups attached to an aromatic ring is 1. The Labute approximate surface area is 201 Å². The lowest BCUT2D eigenvalue weighted by atomic mass is 10.1. The van der Waals surface area contributed by atoms with Crippen LogP contribution in [0.2, 0.25) is 0 Å². The van der Waals surface area contributed by atoms with E-state index in [0.717, 1.165) is 29.3 Å². The fourth-order valence-electron chi connectivity index (χ4n) is 3.84. The van der Waals surface area contributed by atoms with Gasteiger partial charge in [0.25, 0.3) is 0 Å². The Morgan fingerprint density at radius 2 is 1.97 bits per heavy atom. The van der Waals surface area contributed by atoms with Crippen LogP contribution in [0.1, 0.15) is 59.7 Å². The SMILES string of the molecule is CCC/C=C/C(CC)OC(=O)OC(C)(C)Cn1c(COCC)nc2c(N)nc3ccccc3c21. The van der Waals surface area contributed by atoms with E-state index in [1.165, 1.54) is 0 Å². The van der Waals surface area contributed by atoms with Crippen molar-refractivity contribution in [2.24, 2.45) is 0 Å². The molecule has 8 heteroatoms. The molecular formula is C26H36N4O4. The van der Waals surface area contributed by atoms with Gasteiger partial charge in [-0.05, 0) is 45.8 Å². The summed E-state index contributed by atoms with van der Waals surface area (Å²) in [5.74, 6) is 1.05. The monoisotopic (exact) mass is 468 g/mol. The number of unbranched alkanes of at least 4 members (excludes halogenated alkanes) is 1. The first-order valence-corrected chi connectivity index (χ1v) is 12.0. The molecule has 184 valence electrons. The highest BCUT2D eigenvalue weighted by molar-refractivity contribution is 6.06. The molecule has 0 aliphatic heterocycles. The Balaban J connectivity index is 1.91. The number of nitrogens with zero attached hydrogens (tertiary/aromatic N) is 3. The van der Waals surface area contributed by atoms with Crippen LogP contribution in [0.4, 0.5) is 10.6 Å². The summed E-state index contributed by atoms with van der Waals surface area (Å²) in [5, 5.41) is 0.924. The number of anilines is 1. The van der Waals surface area contributed by atoms with Crippen LogP contribution < -0.4 is 5.73 Å². The first-order valence-electron chi connectivity index (χ1n) is 12.0. The number of carbonyl (C=O) groups is 1. The minimum Gasteiger partial charge on any atom is -0.427 e. The predicted octanol–water partition coefficient (Wildman–Crippen LogP) is 5.77. The fourth-order valence-corrected chi connectivity index (χ4v) is 3.84. The summed E-state index contributed by atoms with van der Waals surface area (Å²) in [5.41, 5.74) is 7.61. The molecule has 1 atom stereocenters. The summed E-state index contributed by atoms with van der Waals surface area (Å²) in [4.78, 5) is 21.9. The van der Waals surface area contributed by atoms with E-state index < -0.39 is 11.8 Å². The molecular weight excluding hydrogens is 432 g/mol. The molecule has 8 nitrogen and oxygen atoms in total. The third-order valence-corrected chi connectivity index (χ3v) is 5.48. The second-order valence-corrected chi connectivity index (χ2v) is 8.86. The van der Waals surface area contributed by atoms with E-state index in [0.29, 0.717) is 43.3 Å². The largest absolute Gasteiger partial charge is 0.509 e. The van der Waals surface area contributed by atoms with Crippen LogP contribution in [0.15, 0.2) is 36.4 Å². The number of benzene rings is 1. The van der Waals surface area contributed by atoms with Crippen molar-refractivity contribution in [2.75, 3.05) is 12.3 Å². The number of pyridine rings is 1. The van der Waals surface area contributed by atoms with Gasteiger partial charge in [-0.15, -0.1) is 0 Å². The minimum atomic E-state index is -0.879. The quantitative estimate of drug-likeness (QED) is 0.281. The molecule has 34 heavy (non-hydrogen) atoms. The van der Waals surface area contributed by atoms with Gasteiger partial charge in [0, 0.05) is 12.0 Å². The van der Waals surface area contributed by atoms with E-state index in [-0.39, 0.29) is 6.10 Å². The summed E-state index contributed by atoms with van der Waals surface area (Å²) >= 11 is 0. The molecule has 2 heterocycles. The fraction of sp³-hybridized carbons (Fsp3) is 0.500. The van der Waals surface area contributed by atoms with Crippen molar-refractivity contribution in [1.29, 1.82) is 0 Å². The number of fused-ring (bicyclic) bond motifs is 3. The minimum absolute atomic E-state index is 0.305. The Morgan fingerprint density at radius 3 is 2.68 bits per heavy atom. The maximum atomic E-state index is 12.6. The van der Waals surface area contributed by atoms with Gasteiger partial charge in [-0.3, -0.25) is 0 Å². The first-order chi connectivity index (χ1) is 16.3. The number of para-hydroxylation sites is 1. The number of hydrogen-bond acceptors (Lipinski definition) is 7. The molecule has 0 amide bonds. The normalized spacial score (nSPS) is 13.1. The topological polar surface area (TPSA) is 101 Å². The molecule has 3 rings (SSSR count). The lowest BCUT2D eigenvalue weighted by molar-refractivity contribution is -0.0345. The van der Waals surface area contributed by atoms with E-state index in [4.69, 9.17) is 24.9 Å². The second kappa shape index (κ2) is 11.3. The van der Waals surface area contributed by atoms with Crippen LogP contribution in [0.3, 0.4) is 0 Å². The van der Waals surface area contributed by atoms with Crippen LogP contribution in [0, 0.1) is 0 Å². The summed E-state index contributed by atoms with van der Waals surface area (Å²) in [6, 6.07) is 7.78. The smallest absolute Gasteiger partial charge is 0.427 e. The number of allylic oxidation sites excluding steroid dienone is 1. The lowest BCUT2D eigenvalue weighted by Crippen LogP contribution is -2.35. The first kappa shape index (κ1) is 25.5. The van der Waals surface area contributed by atoms with Crippen molar-refractivity contribution in [3.8, 4) is 0 Å². The molecule has 1 aromatic carbocycles. The predicted molar refractivity (Wildman–Crippen MR) is 135 cm³/mol. The maximum Gasteiger partial charge on any atom is 0.509 e. The van der Waals surface area contributed by atoms with Crippen LogP contribution in [0.25, 0.3) is 21.9 Å². The summed E-state index contributed by atoms with van der Waals surface area (Å²) in [6.07, 6.45) is 5.62. The molecule has 3 aromatic rings. The molecule has 2 N–H and O–H groups in total. The molecule has 0 aliphatic carbocycles. The third kappa shape index (κ3) is 6.05. The number of nitrogens with two attached hydrogens (primary N) is 1. The number of hydrogen-bond donors (Lipinski definition) is 1. The molecule has 2 aromatic heterocycles. The number of imidazole rings is 1. The van der Waals surface area contributed by atoms with Crippen LogP contribution in [-0.2, 0) is 27.4 Å². The molecule has 0 bridgehead atoms. The molecule has 0 fully saturated rings. The summed E-state index contributed by atoms with van der Waals surface area (Å²) < 4.78 is 19.0. The van der Waals surface area contributed by atoms with Crippen molar-refractivity contribution in [3.05, 3.63) is 42.2 Å². The number of rotatable bonds is 11. The molecule has 0 spiro atoms. The Hall–Kier alpha value is -3.13. The number of carbonyl (C=O) groups excluding carboxylic acids is 1. The van der Waals surface area contributed by atoms with E-state index >= 15 is 0 Å². The second-order valence-electron chi connectivity index (χ2n) is 8.86. The number of aromatic nitrogens is 3. The van der Waals surface area contributed by atoms with Crippen molar-refractivity contribution < 1.29 is 19.0 Å². The van der Waals surface area contributed by atoms with E-state index in [1.54, 1.807) is 0 Å². The van der Waals surface area contributed by atoms with E-state index in [9.17, 15) is 4.79 Å². The van der Waals surface area contributed by atoms with Crippen molar-refractivity contribution in [2.45, 2.75) is 78.7 Å². The molecule has 0 saturated heterocycles. The highest BCUT2D eigenvalue weighted by Crippen LogP contribution is 2.31. The molecule has 0 saturated carbocycles. The molecule has 0 aliphatic rings. The Bertz CT molecular complexity index is 1150. The summed E-state index contributed by atoms with van der Waals surface area (Å²) in [6.45, 7) is 10.9. The molecule has 0 radical (unpaired) electrons. The average Bonchev–Trinajstić information content (AvgIpc) is 3.15. The van der Waals surface area contributed by atoms with Gasteiger partial charge in [-0.1, -0.05) is 44.5 Å². The average molecular weight is 469 g/mol. The number of ether oxygens (including phenoxy) is 3. The highest BCUT2D eigenvalue weighted by Gasteiger charge is 2.29. The van der Waals surface area contributed by atoms with Crippen LogP contribution >= 0.6 is 0 Å². The molecule has 1 unspecified atom stereocenters. The zero-order valence-corrected chi connectivity index (χ0v) is 20.8. The van der Waals surface area contributed by atoms with Gasteiger partial charge in [0.1, 0.15) is 29.7 Å². The van der Waals surface area contributed by atoms with Crippen LogP contribution in [0.5, 0.6) is 0 Å². The van der Waals surface area contributed by atoms with Crippen molar-refractivity contribution >= 4 is 33.9 Å². The Morgan fingerprint density at radius 1 is 1.21 bits per heavy atom. The van der Waals surface area contributed by atoms with Crippen molar-refractivity contribution in [3.63, 3.8) is 0 Å². The van der Waals surface area contributed by atoms with Gasteiger partial charge in [0.2, 0.25) is 0 Å². The summed E-state index contributed by atoms with van der Waals surface area (Å²) in [7, 11) is 0. The standard InChI is InChI=1S/C26H36N4O4/c1-6-9-10-13-18(7-2)33-25(31)34-26(4,5)17-30-21(16-32-8-3)29-22-23(30)19-14-11-12-15-20(19)28-24(22)27/h10-15,18H,6-9,16-17H2,1-5H3,(H2,27,28)/b13-10+. The maximum absolute atomic E-state index is 12.6. The van der Waals surface area contributed by atoms with Gasteiger partial charge in [-0.25, -0.2) is 14.8 Å². The highest BCUT2D eigenvalue weighted by atomic mass is 16.7. The lowest BCUT2D eigenvalue weighted by Gasteiger charge is -2.27. The zero-order valence-electron chi connectivity index (χ0n) is 20.8. The van der Waals surface area contributed by atoms with Gasteiger partial charge < -0.3 is 24.5 Å². The van der Waals surface area contributed by atoms with Crippen LogP contribution in [-0.4, -0.2) is 39.0 Å². The van der Waals surface area contributed by atoms with Gasteiger partial charge in [-0.2, -0.15) is 0 Å².